The molecule has 0 aliphatic rings. The molecule has 0 saturated heterocycles. The van der Waals surface area contributed by atoms with Crippen molar-refractivity contribution in [1.29, 1.82) is 5.26 Å². The molecule has 3 amide bonds. The maximum Gasteiger partial charge on any atom is 0.246 e. The minimum Gasteiger partial charge on any atom is -0.273 e. The van der Waals surface area contributed by atoms with E-state index in [0.29, 0.717) is 71.2 Å². The molecule has 256 valence electrons. The standard InChI is InChI=1S/C38H48N4O6/c1-33(43)40(46-30-34-18-6-2-7-19-34)27-16-12-24-38(45)42(48-32-36-22-10-4-11-23-36)29-17-13-25-37(44)41(28-15-5-14-26-39)47-31-35-20-8-3-9-21-35/h2-4,6-11,18-23H,5,12-17,24-25,27-32H2,1H3. The molecule has 0 aromatic heterocycles. The third kappa shape index (κ3) is 15.4. The van der Waals surface area contributed by atoms with Gasteiger partial charge < -0.3 is 0 Å². The molecular formula is C38H48N4O6. The van der Waals surface area contributed by atoms with Crippen LogP contribution >= 0.6 is 0 Å². The zero-order valence-electron chi connectivity index (χ0n) is 28.0. The molecular weight excluding hydrogens is 608 g/mol. The van der Waals surface area contributed by atoms with Gasteiger partial charge in [-0.3, -0.25) is 28.9 Å². The first-order chi connectivity index (χ1) is 23.5. The monoisotopic (exact) mass is 656 g/mol. The molecule has 0 unspecified atom stereocenters. The Balaban J connectivity index is 1.47. The van der Waals surface area contributed by atoms with Crippen molar-refractivity contribution in [3.05, 3.63) is 108 Å². The van der Waals surface area contributed by atoms with Gasteiger partial charge in [-0.15, -0.1) is 0 Å². The van der Waals surface area contributed by atoms with Crippen molar-refractivity contribution in [3.63, 3.8) is 0 Å². The summed E-state index contributed by atoms with van der Waals surface area (Å²) >= 11 is 0. The molecule has 0 fully saturated rings. The van der Waals surface area contributed by atoms with Crippen molar-refractivity contribution in [3.8, 4) is 6.07 Å². The van der Waals surface area contributed by atoms with Crippen LogP contribution in [0.15, 0.2) is 91.0 Å². The van der Waals surface area contributed by atoms with Crippen molar-refractivity contribution < 1.29 is 28.9 Å². The van der Waals surface area contributed by atoms with E-state index in [1.54, 1.807) is 0 Å². The average molecular weight is 657 g/mol. The molecule has 0 aliphatic heterocycles. The second kappa shape index (κ2) is 22.9. The maximum absolute atomic E-state index is 13.3. The summed E-state index contributed by atoms with van der Waals surface area (Å²) in [7, 11) is 0. The lowest BCUT2D eigenvalue weighted by molar-refractivity contribution is -0.194. The Morgan fingerprint density at radius 3 is 1.27 bits per heavy atom. The fraction of sp³-hybridized carbons (Fsp3) is 0.421. The third-order valence-electron chi connectivity index (χ3n) is 7.50. The predicted octanol–water partition coefficient (Wildman–Crippen LogP) is 6.92. The fourth-order valence-electron chi connectivity index (χ4n) is 4.79. The van der Waals surface area contributed by atoms with E-state index in [9.17, 15) is 14.4 Å². The summed E-state index contributed by atoms with van der Waals surface area (Å²) in [5.74, 6) is -0.469. The lowest BCUT2D eigenvalue weighted by Crippen LogP contribution is -2.33. The Kier molecular flexibility index (Phi) is 18.1. The van der Waals surface area contributed by atoms with Gasteiger partial charge in [-0.1, -0.05) is 91.0 Å². The Morgan fingerprint density at radius 1 is 0.542 bits per heavy atom. The number of benzene rings is 3. The van der Waals surface area contributed by atoms with E-state index in [4.69, 9.17) is 19.8 Å². The number of nitriles is 1. The molecule has 0 saturated carbocycles. The molecule has 0 atom stereocenters. The van der Waals surface area contributed by atoms with Gasteiger partial charge >= 0.3 is 0 Å². The van der Waals surface area contributed by atoms with Crippen molar-refractivity contribution in [1.82, 2.24) is 15.2 Å². The topological polar surface area (TPSA) is 112 Å². The van der Waals surface area contributed by atoms with E-state index in [1.165, 1.54) is 22.1 Å². The molecule has 0 spiro atoms. The minimum atomic E-state index is -0.189. The van der Waals surface area contributed by atoms with Gasteiger partial charge in [0.05, 0.1) is 6.07 Å². The van der Waals surface area contributed by atoms with E-state index >= 15 is 0 Å². The van der Waals surface area contributed by atoms with E-state index < -0.39 is 0 Å². The second-order valence-electron chi connectivity index (χ2n) is 11.4. The lowest BCUT2D eigenvalue weighted by atomic mass is 10.2. The van der Waals surface area contributed by atoms with Gasteiger partial charge in [0, 0.05) is 45.8 Å². The average Bonchev–Trinajstić information content (AvgIpc) is 3.11. The van der Waals surface area contributed by atoms with Crippen molar-refractivity contribution in [2.45, 2.75) is 84.5 Å². The number of hydrogen-bond acceptors (Lipinski definition) is 7. The van der Waals surface area contributed by atoms with Crippen LogP contribution in [0.4, 0.5) is 0 Å². The first kappa shape index (κ1) is 37.9. The van der Waals surface area contributed by atoms with Crippen LogP contribution in [0.2, 0.25) is 0 Å². The molecule has 10 heteroatoms. The van der Waals surface area contributed by atoms with Gasteiger partial charge in [0.15, 0.2) is 0 Å². The molecule has 3 aromatic carbocycles. The molecule has 3 rings (SSSR count). The highest BCUT2D eigenvalue weighted by Gasteiger charge is 2.18. The number of hydrogen-bond donors (Lipinski definition) is 0. The third-order valence-corrected chi connectivity index (χ3v) is 7.50. The number of rotatable bonds is 23. The van der Waals surface area contributed by atoms with Crippen molar-refractivity contribution in [2.75, 3.05) is 19.6 Å². The molecule has 3 aromatic rings. The number of unbranched alkanes of at least 4 members (excludes halogenated alkanes) is 4. The summed E-state index contributed by atoms with van der Waals surface area (Å²) in [4.78, 5) is 56.0. The molecule has 0 heterocycles. The van der Waals surface area contributed by atoms with Crippen molar-refractivity contribution >= 4 is 17.7 Å². The van der Waals surface area contributed by atoms with Crippen LogP contribution in [0.5, 0.6) is 0 Å². The molecule has 0 bridgehead atoms. The fourth-order valence-corrected chi connectivity index (χ4v) is 4.79. The van der Waals surface area contributed by atoms with E-state index in [0.717, 1.165) is 16.7 Å². The summed E-state index contributed by atoms with van der Waals surface area (Å²) in [6.07, 6.45) is 4.58. The second-order valence-corrected chi connectivity index (χ2v) is 11.4. The Bertz CT molecular complexity index is 1380. The van der Waals surface area contributed by atoms with Gasteiger partial charge in [0.1, 0.15) is 19.8 Å². The van der Waals surface area contributed by atoms with Crippen molar-refractivity contribution in [2.24, 2.45) is 0 Å². The predicted molar refractivity (Wildman–Crippen MR) is 182 cm³/mol. The van der Waals surface area contributed by atoms with Gasteiger partial charge in [0.25, 0.3) is 0 Å². The molecule has 10 nitrogen and oxygen atoms in total. The first-order valence-corrected chi connectivity index (χ1v) is 16.7. The lowest BCUT2D eigenvalue weighted by Gasteiger charge is -2.24. The largest absolute Gasteiger partial charge is 0.273 e. The van der Waals surface area contributed by atoms with E-state index in [1.807, 2.05) is 91.0 Å². The summed E-state index contributed by atoms with van der Waals surface area (Å²) in [5.41, 5.74) is 2.88. The smallest absolute Gasteiger partial charge is 0.246 e. The number of hydroxylamine groups is 6. The van der Waals surface area contributed by atoms with Gasteiger partial charge in [-0.05, 0) is 55.2 Å². The minimum absolute atomic E-state index is 0.129. The quantitative estimate of drug-likeness (QED) is 0.0804. The number of carbonyl (C=O) groups excluding carboxylic acids is 3. The highest BCUT2D eigenvalue weighted by atomic mass is 16.7. The van der Waals surface area contributed by atoms with Gasteiger partial charge in [-0.2, -0.15) is 5.26 Å². The molecule has 48 heavy (non-hydrogen) atoms. The van der Waals surface area contributed by atoms with Crippen LogP contribution in [0.25, 0.3) is 0 Å². The van der Waals surface area contributed by atoms with Gasteiger partial charge in [-0.25, -0.2) is 15.2 Å². The number of nitrogens with zero attached hydrogens (tertiary/aromatic N) is 4. The zero-order chi connectivity index (χ0) is 34.2. The summed E-state index contributed by atoms with van der Waals surface area (Å²) < 4.78 is 0. The highest BCUT2D eigenvalue weighted by molar-refractivity contribution is 5.75. The van der Waals surface area contributed by atoms with E-state index in [2.05, 4.69) is 6.07 Å². The number of amides is 3. The zero-order valence-corrected chi connectivity index (χ0v) is 28.0. The summed E-state index contributed by atoms with van der Waals surface area (Å²) in [6, 6.07) is 31.1. The Hall–Kier alpha value is -4.56. The maximum atomic E-state index is 13.3. The summed E-state index contributed by atoms with van der Waals surface area (Å²) in [6.45, 7) is 3.42. The Labute approximate surface area is 284 Å². The molecule has 0 N–H and O–H groups in total. The highest BCUT2D eigenvalue weighted by Crippen LogP contribution is 2.13. The van der Waals surface area contributed by atoms with Crippen LogP contribution in [0.3, 0.4) is 0 Å². The Morgan fingerprint density at radius 2 is 0.896 bits per heavy atom. The molecule has 0 radical (unpaired) electrons. The SMILES string of the molecule is CC(=O)N(CCCCC(=O)N(CCCCC(=O)N(CCCCC#N)OCc1ccccc1)OCc1ccccc1)OCc1ccccc1. The normalized spacial score (nSPS) is 10.7. The van der Waals surface area contributed by atoms with Crippen LogP contribution in [0, 0.1) is 11.3 Å². The van der Waals surface area contributed by atoms with Crippen LogP contribution in [-0.2, 0) is 48.7 Å². The van der Waals surface area contributed by atoms with Crippen LogP contribution < -0.4 is 0 Å². The van der Waals surface area contributed by atoms with Crippen LogP contribution in [0.1, 0.15) is 81.4 Å². The summed E-state index contributed by atoms with van der Waals surface area (Å²) in [5, 5.41) is 13.0. The van der Waals surface area contributed by atoms with Gasteiger partial charge in [0.2, 0.25) is 17.7 Å². The van der Waals surface area contributed by atoms with E-state index in [-0.39, 0.29) is 43.8 Å². The van der Waals surface area contributed by atoms with Crippen LogP contribution in [-0.4, -0.2) is 52.5 Å². The first-order valence-electron chi connectivity index (χ1n) is 16.7. The number of carbonyl (C=O) groups is 3. The molecule has 0 aliphatic carbocycles.